The van der Waals surface area contributed by atoms with Crippen LogP contribution in [0.2, 0.25) is 0 Å². The molecule has 1 aromatic heterocycles. The zero-order valence-electron chi connectivity index (χ0n) is 11.9. The molecule has 2 N–H and O–H groups in total. The van der Waals surface area contributed by atoms with Crippen LogP contribution in [0.15, 0.2) is 69.6 Å². The number of hydrogen-bond donors (Lipinski definition) is 2. The van der Waals surface area contributed by atoms with Gasteiger partial charge in [-0.05, 0) is 31.2 Å². The van der Waals surface area contributed by atoms with E-state index in [9.17, 15) is 9.90 Å². The lowest BCUT2D eigenvalue weighted by Gasteiger charge is -1.99. The van der Waals surface area contributed by atoms with Crippen molar-refractivity contribution in [2.45, 2.75) is 6.92 Å². The molecule has 3 aromatic rings. The van der Waals surface area contributed by atoms with E-state index in [-0.39, 0.29) is 17.0 Å². The zero-order chi connectivity index (χ0) is 15.5. The lowest BCUT2D eigenvalue weighted by atomic mass is 10.3. The van der Waals surface area contributed by atoms with E-state index in [0.717, 1.165) is 5.69 Å². The Hall–Kier alpha value is -3.15. The van der Waals surface area contributed by atoms with Gasteiger partial charge in [-0.2, -0.15) is 5.11 Å². The number of nitrogens with zero attached hydrogens (tertiary/aromatic N) is 3. The Labute approximate surface area is 126 Å². The summed E-state index contributed by atoms with van der Waals surface area (Å²) in [7, 11) is 0. The number of para-hydroxylation sites is 1. The van der Waals surface area contributed by atoms with E-state index in [0.29, 0.717) is 11.4 Å². The highest BCUT2D eigenvalue weighted by molar-refractivity contribution is 5.45. The maximum absolute atomic E-state index is 12.4. The summed E-state index contributed by atoms with van der Waals surface area (Å²) in [4.78, 5) is 12.4. The number of aromatic hydroxyl groups is 1. The largest absolute Gasteiger partial charge is 0.508 e. The van der Waals surface area contributed by atoms with E-state index in [1.54, 1.807) is 25.1 Å². The van der Waals surface area contributed by atoms with Gasteiger partial charge in [-0.15, -0.1) is 5.11 Å². The topological polar surface area (TPSA) is 82.7 Å². The first-order valence-corrected chi connectivity index (χ1v) is 6.73. The molecule has 1 heterocycles. The molecule has 2 aromatic carbocycles. The first-order chi connectivity index (χ1) is 10.6. The molecule has 0 amide bonds. The number of phenols is 1. The molecule has 6 heteroatoms. The molecule has 0 saturated carbocycles. The molecule has 0 fully saturated rings. The normalized spacial score (nSPS) is 11.1. The van der Waals surface area contributed by atoms with Gasteiger partial charge in [0.05, 0.1) is 17.1 Å². The van der Waals surface area contributed by atoms with Gasteiger partial charge < -0.3 is 5.11 Å². The van der Waals surface area contributed by atoms with Crippen molar-refractivity contribution in [1.82, 2.24) is 9.78 Å². The average molecular weight is 294 g/mol. The van der Waals surface area contributed by atoms with Crippen molar-refractivity contribution in [3.8, 4) is 11.4 Å². The molecule has 0 bridgehead atoms. The number of rotatable bonds is 3. The monoisotopic (exact) mass is 294 g/mol. The number of H-pyrrole nitrogens is 1. The van der Waals surface area contributed by atoms with Crippen LogP contribution < -0.4 is 5.56 Å². The fraction of sp³-hybridized carbons (Fsp3) is 0.0625. The second-order valence-electron chi connectivity index (χ2n) is 4.78. The average Bonchev–Trinajstić information content (AvgIpc) is 2.81. The van der Waals surface area contributed by atoms with Crippen LogP contribution in [0.1, 0.15) is 5.69 Å². The van der Waals surface area contributed by atoms with Crippen LogP contribution in [0.25, 0.3) is 5.69 Å². The Morgan fingerprint density at radius 2 is 1.82 bits per heavy atom. The van der Waals surface area contributed by atoms with Crippen molar-refractivity contribution >= 4 is 11.4 Å². The van der Waals surface area contributed by atoms with Gasteiger partial charge in [0.2, 0.25) is 0 Å². The third kappa shape index (κ3) is 2.67. The molecule has 0 aliphatic carbocycles. The Balaban J connectivity index is 1.99. The Morgan fingerprint density at radius 3 is 2.55 bits per heavy atom. The molecular formula is C16H14N4O2. The lowest BCUT2D eigenvalue weighted by molar-refractivity contribution is 0.475. The number of benzene rings is 2. The predicted octanol–water partition coefficient (Wildman–Crippen LogP) is 3.60. The number of aryl methyl sites for hydroxylation is 1. The number of hydrogen-bond acceptors (Lipinski definition) is 4. The van der Waals surface area contributed by atoms with Gasteiger partial charge in [0, 0.05) is 6.07 Å². The van der Waals surface area contributed by atoms with Crippen LogP contribution >= 0.6 is 0 Å². The van der Waals surface area contributed by atoms with Crippen LogP contribution in [-0.2, 0) is 0 Å². The summed E-state index contributed by atoms with van der Waals surface area (Å²) in [5.41, 5.74) is 1.80. The summed E-state index contributed by atoms with van der Waals surface area (Å²) < 4.78 is 1.42. The minimum atomic E-state index is -0.271. The van der Waals surface area contributed by atoms with Gasteiger partial charge in [-0.1, -0.05) is 24.3 Å². The van der Waals surface area contributed by atoms with Crippen LogP contribution in [0, 0.1) is 6.92 Å². The minimum absolute atomic E-state index is 0.101. The van der Waals surface area contributed by atoms with Gasteiger partial charge >= 0.3 is 0 Å². The highest BCUT2D eigenvalue weighted by atomic mass is 16.3. The van der Waals surface area contributed by atoms with E-state index in [2.05, 4.69) is 15.3 Å². The Bertz CT molecular complexity index is 879. The number of aromatic amines is 1. The molecule has 6 nitrogen and oxygen atoms in total. The fourth-order valence-electron chi connectivity index (χ4n) is 2.08. The zero-order valence-corrected chi connectivity index (χ0v) is 11.9. The summed E-state index contributed by atoms with van der Waals surface area (Å²) in [6, 6.07) is 15.6. The SMILES string of the molecule is Cc1[nH]n(-c2ccccc2)c(=O)c1N=Nc1cccc(O)c1. The number of phenolic OH excluding ortho intramolecular Hbond substituents is 1. The highest BCUT2D eigenvalue weighted by Gasteiger charge is 2.11. The van der Waals surface area contributed by atoms with Crippen LogP contribution in [0.4, 0.5) is 11.4 Å². The van der Waals surface area contributed by atoms with Crippen molar-refractivity contribution in [2.24, 2.45) is 10.2 Å². The first kappa shape index (κ1) is 13.8. The summed E-state index contributed by atoms with van der Waals surface area (Å²) in [5, 5.41) is 20.4. The van der Waals surface area contributed by atoms with Gasteiger partial charge in [0.1, 0.15) is 5.75 Å². The maximum atomic E-state index is 12.4. The van der Waals surface area contributed by atoms with Crippen LogP contribution in [0.5, 0.6) is 5.75 Å². The minimum Gasteiger partial charge on any atom is -0.508 e. The molecule has 0 atom stereocenters. The number of nitrogens with one attached hydrogen (secondary N) is 1. The van der Waals surface area contributed by atoms with E-state index in [4.69, 9.17) is 0 Å². The second kappa shape index (κ2) is 5.69. The van der Waals surface area contributed by atoms with Gasteiger partial charge in [-0.3, -0.25) is 9.89 Å². The molecule has 0 saturated heterocycles. The standard InChI is InChI=1S/C16H14N4O2/c1-11-15(18-17-12-6-5-9-14(21)10-12)16(22)20(19-11)13-7-3-2-4-8-13/h2-10,19,21H,1H3. The molecule has 0 aliphatic heterocycles. The summed E-state index contributed by atoms with van der Waals surface area (Å²) in [6.45, 7) is 1.76. The number of azo groups is 1. The highest BCUT2D eigenvalue weighted by Crippen LogP contribution is 2.21. The smallest absolute Gasteiger partial charge is 0.299 e. The van der Waals surface area contributed by atoms with E-state index in [1.165, 1.54) is 10.7 Å². The van der Waals surface area contributed by atoms with Gasteiger partial charge in [0.25, 0.3) is 5.56 Å². The third-order valence-corrected chi connectivity index (χ3v) is 3.15. The Kier molecular flexibility index (Phi) is 3.57. The second-order valence-corrected chi connectivity index (χ2v) is 4.78. The summed E-state index contributed by atoms with van der Waals surface area (Å²) in [5.74, 6) is 0.101. The fourth-order valence-corrected chi connectivity index (χ4v) is 2.08. The van der Waals surface area contributed by atoms with Crippen LogP contribution in [0.3, 0.4) is 0 Å². The molecule has 0 aliphatic rings. The van der Waals surface area contributed by atoms with Gasteiger partial charge in [-0.25, -0.2) is 4.68 Å². The quantitative estimate of drug-likeness (QED) is 0.723. The molecule has 0 radical (unpaired) electrons. The molecule has 22 heavy (non-hydrogen) atoms. The van der Waals surface area contributed by atoms with E-state index >= 15 is 0 Å². The molecular weight excluding hydrogens is 280 g/mol. The van der Waals surface area contributed by atoms with Crippen molar-refractivity contribution in [2.75, 3.05) is 0 Å². The number of aromatic nitrogens is 2. The summed E-state index contributed by atoms with van der Waals surface area (Å²) in [6.07, 6.45) is 0. The lowest BCUT2D eigenvalue weighted by Crippen LogP contribution is -2.13. The maximum Gasteiger partial charge on any atom is 0.299 e. The molecule has 3 rings (SSSR count). The van der Waals surface area contributed by atoms with Crippen molar-refractivity contribution in [3.63, 3.8) is 0 Å². The van der Waals surface area contributed by atoms with E-state index in [1.807, 2.05) is 30.3 Å². The van der Waals surface area contributed by atoms with Crippen molar-refractivity contribution in [3.05, 3.63) is 70.6 Å². The first-order valence-electron chi connectivity index (χ1n) is 6.73. The van der Waals surface area contributed by atoms with Gasteiger partial charge in [0.15, 0.2) is 5.69 Å². The Morgan fingerprint density at radius 1 is 1.05 bits per heavy atom. The third-order valence-electron chi connectivity index (χ3n) is 3.15. The van der Waals surface area contributed by atoms with Crippen molar-refractivity contribution < 1.29 is 5.11 Å². The van der Waals surface area contributed by atoms with E-state index < -0.39 is 0 Å². The molecule has 110 valence electrons. The predicted molar refractivity (Wildman–Crippen MR) is 83.4 cm³/mol. The summed E-state index contributed by atoms with van der Waals surface area (Å²) >= 11 is 0. The van der Waals surface area contributed by atoms with Crippen molar-refractivity contribution in [1.29, 1.82) is 0 Å². The molecule has 0 spiro atoms. The molecule has 0 unspecified atom stereocenters. The van der Waals surface area contributed by atoms with Crippen LogP contribution in [-0.4, -0.2) is 14.9 Å².